The fraction of sp³-hybridized carbons (Fsp3) is 0.100. The van der Waals surface area contributed by atoms with E-state index in [1.54, 1.807) is 7.11 Å². The van der Waals surface area contributed by atoms with Gasteiger partial charge in [-0.25, -0.2) is 4.98 Å². The lowest BCUT2D eigenvalue weighted by molar-refractivity contribution is -0.353. The van der Waals surface area contributed by atoms with Gasteiger partial charge in [0.05, 0.1) is 12.0 Å². The summed E-state index contributed by atoms with van der Waals surface area (Å²) in [5.41, 5.74) is 6.75. The summed E-state index contributed by atoms with van der Waals surface area (Å²) < 4.78 is 5.08. The molecule has 0 aliphatic carbocycles. The Labute approximate surface area is 86.2 Å². The molecule has 0 aliphatic rings. The Kier molecular flexibility index (Phi) is 2.37. The molecule has 0 saturated heterocycles. The number of thiazole rings is 1. The maximum absolute atomic E-state index is 5.61. The van der Waals surface area contributed by atoms with Gasteiger partial charge in [-0.3, -0.25) is 5.73 Å². The third-order valence-corrected chi connectivity index (χ3v) is 2.85. The maximum atomic E-state index is 5.61. The normalized spacial score (nSPS) is 10.1. The molecular weight excluding hydrogens is 196 g/mol. The summed E-state index contributed by atoms with van der Waals surface area (Å²) in [6, 6.07) is 7.90. The predicted octanol–water partition coefficient (Wildman–Crippen LogP) is 1.82. The smallest absolute Gasteiger partial charge is 0.329 e. The molecule has 0 radical (unpaired) electrons. The van der Waals surface area contributed by atoms with Gasteiger partial charge in [0, 0.05) is 0 Å². The Hall–Kier alpha value is -1.55. The summed E-state index contributed by atoms with van der Waals surface area (Å²) >= 11 is 1.54. The van der Waals surface area contributed by atoms with Crippen LogP contribution in [-0.2, 0) is 0 Å². The van der Waals surface area contributed by atoms with Gasteiger partial charge in [0.1, 0.15) is 11.9 Å². The quantitative estimate of drug-likeness (QED) is 0.816. The van der Waals surface area contributed by atoms with Gasteiger partial charge in [0.2, 0.25) is 0 Å². The second-order valence-electron chi connectivity index (χ2n) is 2.85. The second kappa shape index (κ2) is 3.67. The molecule has 0 unspecified atom stereocenters. The highest BCUT2D eigenvalue weighted by Gasteiger charge is 2.04. The minimum Gasteiger partial charge on any atom is -0.497 e. The van der Waals surface area contributed by atoms with Crippen LogP contribution in [0.15, 0.2) is 30.5 Å². The molecule has 0 aliphatic heterocycles. The highest BCUT2D eigenvalue weighted by molar-refractivity contribution is 7.18. The average molecular weight is 207 g/mol. The van der Waals surface area contributed by atoms with E-state index < -0.39 is 0 Å². The Morgan fingerprint density at radius 2 is 2.00 bits per heavy atom. The number of rotatable bonds is 2. The van der Waals surface area contributed by atoms with E-state index in [9.17, 15) is 0 Å². The minimum atomic E-state index is 0.718. The monoisotopic (exact) mass is 207 g/mol. The summed E-state index contributed by atoms with van der Waals surface area (Å²) in [6.07, 6.45) is 1.90. The summed E-state index contributed by atoms with van der Waals surface area (Å²) in [6.45, 7) is 0. The van der Waals surface area contributed by atoms with Gasteiger partial charge in [-0.2, -0.15) is 0 Å². The van der Waals surface area contributed by atoms with Crippen LogP contribution in [0.5, 0.6) is 5.75 Å². The number of aromatic amines is 1. The Bertz CT molecular complexity index is 422. The van der Waals surface area contributed by atoms with Gasteiger partial charge in [-0.15, -0.1) is 0 Å². The van der Waals surface area contributed by atoms with Gasteiger partial charge in [0.15, 0.2) is 0 Å². The lowest BCUT2D eigenvalue weighted by Crippen LogP contribution is -2.00. The first kappa shape index (κ1) is 9.02. The van der Waals surface area contributed by atoms with Gasteiger partial charge >= 0.3 is 5.13 Å². The first-order chi connectivity index (χ1) is 6.79. The number of aromatic nitrogens is 1. The number of methoxy groups -OCH3 is 1. The molecule has 3 nitrogen and oxygen atoms in total. The first-order valence-corrected chi connectivity index (χ1v) is 5.02. The molecule has 0 bridgehead atoms. The average Bonchev–Trinajstić information content (AvgIpc) is 2.65. The molecule has 2 aromatic rings. The van der Waals surface area contributed by atoms with E-state index in [1.165, 1.54) is 11.3 Å². The van der Waals surface area contributed by atoms with Crippen molar-refractivity contribution in [3.05, 3.63) is 30.5 Å². The van der Waals surface area contributed by atoms with Crippen molar-refractivity contribution < 1.29 is 9.72 Å². The molecule has 0 amide bonds. The molecule has 1 aromatic heterocycles. The Morgan fingerprint density at radius 3 is 2.50 bits per heavy atom. The van der Waals surface area contributed by atoms with Crippen LogP contribution in [0.4, 0.5) is 5.13 Å². The molecule has 0 spiro atoms. The van der Waals surface area contributed by atoms with Crippen LogP contribution in [-0.4, -0.2) is 7.11 Å². The van der Waals surface area contributed by atoms with Crippen LogP contribution >= 0.6 is 11.3 Å². The lowest BCUT2D eigenvalue weighted by Gasteiger charge is -1.99. The largest absolute Gasteiger partial charge is 0.497 e. The number of benzene rings is 1. The van der Waals surface area contributed by atoms with E-state index in [1.807, 2.05) is 30.5 Å². The van der Waals surface area contributed by atoms with Crippen molar-refractivity contribution in [3.63, 3.8) is 0 Å². The number of nitrogens with one attached hydrogen (secondary N) is 1. The number of ether oxygens (including phenoxy) is 1. The molecule has 0 atom stereocenters. The highest BCUT2D eigenvalue weighted by Crippen LogP contribution is 2.26. The van der Waals surface area contributed by atoms with E-state index in [4.69, 9.17) is 10.5 Å². The minimum absolute atomic E-state index is 0.718. The van der Waals surface area contributed by atoms with Crippen molar-refractivity contribution in [2.45, 2.75) is 0 Å². The number of nitrogen functional groups attached to an aromatic ring is 1. The third kappa shape index (κ3) is 1.70. The van der Waals surface area contributed by atoms with Crippen LogP contribution in [0.2, 0.25) is 0 Å². The summed E-state index contributed by atoms with van der Waals surface area (Å²) in [5.74, 6) is 0.863. The number of H-pyrrole nitrogens is 1. The van der Waals surface area contributed by atoms with Crippen molar-refractivity contribution in [1.82, 2.24) is 0 Å². The highest BCUT2D eigenvalue weighted by atomic mass is 32.1. The van der Waals surface area contributed by atoms with Crippen molar-refractivity contribution in [2.24, 2.45) is 0 Å². The number of nitrogens with two attached hydrogens (primary N) is 1. The van der Waals surface area contributed by atoms with E-state index in [0.717, 1.165) is 21.3 Å². The van der Waals surface area contributed by atoms with Crippen molar-refractivity contribution in [3.8, 4) is 16.2 Å². The van der Waals surface area contributed by atoms with Crippen LogP contribution in [0.3, 0.4) is 0 Å². The molecule has 72 valence electrons. The summed E-state index contributed by atoms with van der Waals surface area (Å²) in [5, 5.41) is 0.718. The van der Waals surface area contributed by atoms with Gasteiger partial charge in [-0.1, -0.05) is 0 Å². The zero-order chi connectivity index (χ0) is 9.97. The standard InChI is InChI=1S/C10H10N2OS/c1-13-8-4-2-7(3-5-8)9-6-12-10(11)14-9/h2-6H,1H3,(H2,11,12)/p+1. The molecule has 1 heterocycles. The van der Waals surface area contributed by atoms with E-state index in [0.29, 0.717) is 0 Å². The van der Waals surface area contributed by atoms with Crippen LogP contribution in [0.25, 0.3) is 10.4 Å². The van der Waals surface area contributed by atoms with Crippen LogP contribution in [0.1, 0.15) is 0 Å². The fourth-order valence-electron chi connectivity index (χ4n) is 1.21. The fourth-order valence-corrected chi connectivity index (χ4v) is 1.94. The molecule has 1 aromatic carbocycles. The van der Waals surface area contributed by atoms with Crippen LogP contribution < -0.4 is 15.5 Å². The van der Waals surface area contributed by atoms with Gasteiger partial charge in [-0.05, 0) is 41.2 Å². The topological polar surface area (TPSA) is 49.4 Å². The zero-order valence-electron chi connectivity index (χ0n) is 7.78. The maximum Gasteiger partial charge on any atom is 0.329 e. The van der Waals surface area contributed by atoms with Crippen molar-refractivity contribution >= 4 is 16.5 Å². The molecule has 14 heavy (non-hydrogen) atoms. The third-order valence-electron chi connectivity index (χ3n) is 1.94. The molecule has 2 rings (SSSR count). The molecule has 0 fully saturated rings. The van der Waals surface area contributed by atoms with E-state index in [2.05, 4.69) is 4.98 Å². The van der Waals surface area contributed by atoms with Gasteiger partial charge in [0.25, 0.3) is 0 Å². The molecule has 3 N–H and O–H groups in total. The van der Waals surface area contributed by atoms with E-state index in [-0.39, 0.29) is 0 Å². The second-order valence-corrected chi connectivity index (χ2v) is 3.93. The number of anilines is 1. The van der Waals surface area contributed by atoms with Crippen molar-refractivity contribution in [2.75, 3.05) is 12.8 Å². The Balaban J connectivity index is 2.33. The summed E-state index contributed by atoms with van der Waals surface area (Å²) in [7, 11) is 1.66. The molecule has 0 saturated carbocycles. The predicted molar refractivity (Wildman–Crippen MR) is 57.3 cm³/mol. The SMILES string of the molecule is COc1ccc(-c2c[nH+]c(N)s2)cc1. The van der Waals surface area contributed by atoms with Crippen molar-refractivity contribution in [1.29, 1.82) is 0 Å². The van der Waals surface area contributed by atoms with E-state index >= 15 is 0 Å². The zero-order valence-corrected chi connectivity index (χ0v) is 8.60. The number of hydrogen-bond donors (Lipinski definition) is 1. The van der Waals surface area contributed by atoms with Crippen LogP contribution in [0, 0.1) is 0 Å². The number of hydrogen-bond acceptors (Lipinski definition) is 3. The lowest BCUT2D eigenvalue weighted by atomic mass is 10.2. The summed E-state index contributed by atoms with van der Waals surface area (Å²) in [4.78, 5) is 4.09. The van der Waals surface area contributed by atoms with Gasteiger partial charge < -0.3 is 4.74 Å². The first-order valence-electron chi connectivity index (χ1n) is 4.21. The molecule has 4 heteroatoms. The molecular formula is C10H11N2OS+. The Morgan fingerprint density at radius 1 is 1.29 bits per heavy atom.